The van der Waals surface area contributed by atoms with Gasteiger partial charge in [0.25, 0.3) is 0 Å². The zero-order valence-corrected chi connectivity index (χ0v) is 13.3. The lowest BCUT2D eigenvalue weighted by Gasteiger charge is -2.20. The Hall–Kier alpha value is -0.600. The molecule has 1 rings (SSSR count). The van der Waals surface area contributed by atoms with Gasteiger partial charge in [-0.15, -0.1) is 0 Å². The Morgan fingerprint density at radius 1 is 1.39 bits per heavy atom. The second-order valence-electron chi connectivity index (χ2n) is 4.82. The highest BCUT2D eigenvalue weighted by molar-refractivity contribution is 9.10. The fourth-order valence-corrected chi connectivity index (χ4v) is 2.19. The predicted molar refractivity (Wildman–Crippen MR) is 84.0 cm³/mol. The Balaban J connectivity index is 2.86. The first-order valence-corrected chi connectivity index (χ1v) is 7.53. The van der Waals surface area contributed by atoms with Gasteiger partial charge in [0.1, 0.15) is 0 Å². The van der Waals surface area contributed by atoms with Crippen molar-refractivity contribution in [3.8, 4) is 0 Å². The van der Waals surface area contributed by atoms with E-state index in [0.29, 0.717) is 6.04 Å². The van der Waals surface area contributed by atoms with Crippen molar-refractivity contribution in [2.24, 2.45) is 0 Å². The number of hydrogen-bond acceptors (Lipinski definition) is 1. The molecule has 0 radical (unpaired) electrons. The van der Waals surface area contributed by atoms with E-state index in [2.05, 4.69) is 66.8 Å². The molecule has 0 heterocycles. The Morgan fingerprint density at radius 3 is 2.67 bits per heavy atom. The molecule has 0 aliphatic rings. The van der Waals surface area contributed by atoms with Crippen LogP contribution in [0, 0.1) is 6.92 Å². The van der Waals surface area contributed by atoms with Crippen molar-refractivity contribution in [1.29, 1.82) is 0 Å². The SMILES string of the molecule is C=C(CC)CC(NCCC)c1ccc(Br)c(C)c1. The largest absolute Gasteiger partial charge is 0.310 e. The molecule has 1 unspecified atom stereocenters. The first kappa shape index (κ1) is 15.5. The minimum atomic E-state index is 0.393. The van der Waals surface area contributed by atoms with Crippen LogP contribution in [0.2, 0.25) is 0 Å². The summed E-state index contributed by atoms with van der Waals surface area (Å²) in [6.45, 7) is 11.7. The summed E-state index contributed by atoms with van der Waals surface area (Å²) >= 11 is 3.56. The highest BCUT2D eigenvalue weighted by atomic mass is 79.9. The molecule has 0 aliphatic heterocycles. The lowest BCUT2D eigenvalue weighted by molar-refractivity contribution is 0.523. The predicted octanol–water partition coefficient (Wildman–Crippen LogP) is 5.15. The summed E-state index contributed by atoms with van der Waals surface area (Å²) in [4.78, 5) is 0. The van der Waals surface area contributed by atoms with Crippen molar-refractivity contribution < 1.29 is 0 Å². The third-order valence-corrected chi connectivity index (χ3v) is 4.11. The van der Waals surface area contributed by atoms with E-state index in [0.717, 1.165) is 25.8 Å². The summed E-state index contributed by atoms with van der Waals surface area (Å²) in [7, 11) is 0. The molecule has 0 amide bonds. The van der Waals surface area contributed by atoms with Gasteiger partial charge in [0.05, 0.1) is 0 Å². The van der Waals surface area contributed by atoms with Gasteiger partial charge in [0.15, 0.2) is 0 Å². The van der Waals surface area contributed by atoms with E-state index in [1.54, 1.807) is 0 Å². The molecule has 18 heavy (non-hydrogen) atoms. The third kappa shape index (κ3) is 4.58. The van der Waals surface area contributed by atoms with Gasteiger partial charge < -0.3 is 5.32 Å². The molecule has 1 aromatic carbocycles. The third-order valence-electron chi connectivity index (χ3n) is 3.22. The van der Waals surface area contributed by atoms with Crippen LogP contribution in [0.3, 0.4) is 0 Å². The molecule has 1 N–H and O–H groups in total. The number of hydrogen-bond donors (Lipinski definition) is 1. The second-order valence-corrected chi connectivity index (χ2v) is 5.68. The molecule has 2 heteroatoms. The monoisotopic (exact) mass is 309 g/mol. The van der Waals surface area contributed by atoms with Gasteiger partial charge in [0.2, 0.25) is 0 Å². The van der Waals surface area contributed by atoms with Gasteiger partial charge in [-0.05, 0) is 49.9 Å². The fourth-order valence-electron chi connectivity index (χ4n) is 1.94. The molecule has 0 aliphatic carbocycles. The smallest absolute Gasteiger partial charge is 0.0357 e. The first-order valence-electron chi connectivity index (χ1n) is 6.74. The lowest BCUT2D eigenvalue weighted by Crippen LogP contribution is -2.22. The highest BCUT2D eigenvalue weighted by Crippen LogP contribution is 2.25. The first-order chi connectivity index (χ1) is 8.58. The fraction of sp³-hybridized carbons (Fsp3) is 0.500. The van der Waals surface area contributed by atoms with E-state index in [1.807, 2.05) is 0 Å². The molecule has 1 atom stereocenters. The summed E-state index contributed by atoms with van der Waals surface area (Å²) in [5.74, 6) is 0. The Labute approximate surface area is 120 Å². The zero-order valence-electron chi connectivity index (χ0n) is 11.7. The van der Waals surface area contributed by atoms with Crippen molar-refractivity contribution in [2.45, 2.75) is 46.1 Å². The summed E-state index contributed by atoms with van der Waals surface area (Å²) in [6, 6.07) is 7.00. The van der Waals surface area contributed by atoms with Crippen LogP contribution < -0.4 is 5.32 Å². The van der Waals surface area contributed by atoms with Crippen LogP contribution in [0.5, 0.6) is 0 Å². The van der Waals surface area contributed by atoms with Crippen molar-refractivity contribution in [3.05, 3.63) is 46.0 Å². The number of benzene rings is 1. The quantitative estimate of drug-likeness (QED) is 0.686. The van der Waals surface area contributed by atoms with Crippen LogP contribution in [-0.2, 0) is 0 Å². The molecule has 100 valence electrons. The lowest BCUT2D eigenvalue weighted by atomic mass is 9.97. The van der Waals surface area contributed by atoms with Crippen LogP contribution in [0.1, 0.15) is 50.3 Å². The molecule has 0 bridgehead atoms. The van der Waals surface area contributed by atoms with E-state index in [1.165, 1.54) is 21.2 Å². The zero-order chi connectivity index (χ0) is 13.5. The van der Waals surface area contributed by atoms with Gasteiger partial charge in [-0.25, -0.2) is 0 Å². The van der Waals surface area contributed by atoms with Gasteiger partial charge in [-0.2, -0.15) is 0 Å². The molecule has 1 aromatic rings. The standard InChI is InChI=1S/C16H24BrN/c1-5-9-18-16(10-12(3)6-2)14-7-8-15(17)13(4)11-14/h7-8,11,16,18H,3,5-6,9-10H2,1-2,4H3. The number of rotatable bonds is 7. The van der Waals surface area contributed by atoms with Gasteiger partial charge in [0, 0.05) is 10.5 Å². The minimum Gasteiger partial charge on any atom is -0.310 e. The molecular weight excluding hydrogens is 286 g/mol. The molecule has 0 saturated carbocycles. The molecule has 1 nitrogen and oxygen atoms in total. The number of nitrogens with one attached hydrogen (secondary N) is 1. The van der Waals surface area contributed by atoms with Crippen LogP contribution in [0.15, 0.2) is 34.8 Å². The van der Waals surface area contributed by atoms with Gasteiger partial charge in [-0.1, -0.05) is 54.1 Å². The average molecular weight is 310 g/mol. The van der Waals surface area contributed by atoms with E-state index in [4.69, 9.17) is 0 Å². The van der Waals surface area contributed by atoms with E-state index >= 15 is 0 Å². The van der Waals surface area contributed by atoms with Crippen molar-refractivity contribution in [1.82, 2.24) is 5.32 Å². The van der Waals surface area contributed by atoms with Gasteiger partial charge >= 0.3 is 0 Å². The van der Waals surface area contributed by atoms with Crippen LogP contribution >= 0.6 is 15.9 Å². The summed E-state index contributed by atoms with van der Waals surface area (Å²) in [5.41, 5.74) is 3.96. The van der Waals surface area contributed by atoms with E-state index in [9.17, 15) is 0 Å². The molecular formula is C16H24BrN. The number of aryl methyl sites for hydroxylation is 1. The maximum atomic E-state index is 4.14. The second kappa shape index (κ2) is 7.75. The molecule has 0 saturated heterocycles. The highest BCUT2D eigenvalue weighted by Gasteiger charge is 2.12. The van der Waals surface area contributed by atoms with Gasteiger partial charge in [-0.3, -0.25) is 0 Å². The van der Waals surface area contributed by atoms with E-state index in [-0.39, 0.29) is 0 Å². The topological polar surface area (TPSA) is 12.0 Å². The summed E-state index contributed by atoms with van der Waals surface area (Å²) < 4.78 is 1.18. The van der Waals surface area contributed by atoms with E-state index < -0.39 is 0 Å². The maximum Gasteiger partial charge on any atom is 0.0357 e. The summed E-state index contributed by atoms with van der Waals surface area (Å²) in [6.07, 6.45) is 3.24. The number of halogens is 1. The van der Waals surface area contributed by atoms with Crippen LogP contribution in [0.4, 0.5) is 0 Å². The average Bonchev–Trinajstić information content (AvgIpc) is 2.37. The van der Waals surface area contributed by atoms with Crippen molar-refractivity contribution in [2.75, 3.05) is 6.54 Å². The molecule has 0 fully saturated rings. The Kier molecular flexibility index (Phi) is 6.66. The normalized spacial score (nSPS) is 12.4. The Morgan fingerprint density at radius 2 is 2.11 bits per heavy atom. The van der Waals surface area contributed by atoms with Crippen molar-refractivity contribution in [3.63, 3.8) is 0 Å². The van der Waals surface area contributed by atoms with Crippen LogP contribution in [0.25, 0.3) is 0 Å². The maximum absolute atomic E-state index is 4.14. The van der Waals surface area contributed by atoms with Crippen LogP contribution in [-0.4, -0.2) is 6.54 Å². The minimum absolute atomic E-state index is 0.393. The molecule has 0 spiro atoms. The van der Waals surface area contributed by atoms with Crippen molar-refractivity contribution >= 4 is 15.9 Å². The summed E-state index contributed by atoms with van der Waals surface area (Å²) in [5, 5.41) is 3.62. The molecule has 0 aromatic heterocycles. The Bertz CT molecular complexity index is 398.